The van der Waals surface area contributed by atoms with Crippen LogP contribution in [0.5, 0.6) is 0 Å². The Morgan fingerprint density at radius 2 is 1.86 bits per heavy atom. The van der Waals surface area contributed by atoms with E-state index in [1.165, 1.54) is 0 Å². The van der Waals surface area contributed by atoms with Crippen molar-refractivity contribution in [2.45, 2.75) is 0 Å². The molecule has 0 aliphatic rings. The lowest BCUT2D eigenvalue weighted by Gasteiger charge is -2.00. The van der Waals surface area contributed by atoms with Gasteiger partial charge in [0.15, 0.2) is 17.3 Å². The van der Waals surface area contributed by atoms with Crippen LogP contribution in [0.15, 0.2) is 55.1 Å². The Kier molecular flexibility index (Phi) is 2.43. The van der Waals surface area contributed by atoms with E-state index in [4.69, 9.17) is 5.73 Å². The molecule has 21 heavy (non-hydrogen) atoms. The molecule has 0 atom stereocenters. The summed E-state index contributed by atoms with van der Waals surface area (Å²) in [7, 11) is 0. The van der Waals surface area contributed by atoms with Crippen LogP contribution < -0.4 is 5.73 Å². The molecule has 4 rings (SSSR count). The van der Waals surface area contributed by atoms with Gasteiger partial charge in [-0.25, -0.2) is 19.2 Å². The van der Waals surface area contributed by atoms with Crippen LogP contribution in [0.3, 0.4) is 0 Å². The largest absolute Gasteiger partial charge is 0.399 e. The minimum absolute atomic E-state index is 0.630. The zero-order valence-corrected chi connectivity index (χ0v) is 11.0. The molecule has 1 aromatic carbocycles. The summed E-state index contributed by atoms with van der Waals surface area (Å²) in [5.74, 6) is 1.32. The molecule has 0 spiro atoms. The average molecular weight is 277 g/mol. The van der Waals surface area contributed by atoms with Gasteiger partial charge in [-0.2, -0.15) is 5.10 Å². The van der Waals surface area contributed by atoms with Gasteiger partial charge in [-0.15, -0.1) is 5.10 Å². The Morgan fingerprint density at radius 3 is 2.71 bits per heavy atom. The second-order valence-corrected chi connectivity index (χ2v) is 4.55. The summed E-state index contributed by atoms with van der Waals surface area (Å²) in [5, 5.41) is 8.56. The predicted octanol–water partition coefficient (Wildman–Crippen LogP) is 1.56. The third kappa shape index (κ3) is 2.00. The topological polar surface area (TPSA) is 86.9 Å². The lowest BCUT2D eigenvalue weighted by molar-refractivity contribution is 0.833. The first kappa shape index (κ1) is 11.6. The normalized spacial score (nSPS) is 11.0. The maximum absolute atomic E-state index is 5.68. The van der Waals surface area contributed by atoms with Gasteiger partial charge in [0.25, 0.3) is 0 Å². The third-order valence-corrected chi connectivity index (χ3v) is 3.14. The molecular weight excluding hydrogens is 266 g/mol. The molecule has 7 nitrogen and oxygen atoms in total. The Hall–Kier alpha value is -3.22. The van der Waals surface area contributed by atoms with Crippen LogP contribution >= 0.6 is 0 Å². The second-order valence-electron chi connectivity index (χ2n) is 4.55. The van der Waals surface area contributed by atoms with E-state index in [-0.39, 0.29) is 0 Å². The highest BCUT2D eigenvalue weighted by Crippen LogP contribution is 2.17. The highest BCUT2D eigenvalue weighted by molar-refractivity contribution is 5.58. The van der Waals surface area contributed by atoms with Crippen molar-refractivity contribution in [1.82, 2.24) is 29.4 Å². The molecule has 4 aromatic rings. The highest BCUT2D eigenvalue weighted by Gasteiger charge is 2.07. The van der Waals surface area contributed by atoms with E-state index in [0.29, 0.717) is 17.3 Å². The van der Waals surface area contributed by atoms with Crippen molar-refractivity contribution in [2.75, 3.05) is 5.73 Å². The molecule has 0 fully saturated rings. The van der Waals surface area contributed by atoms with E-state index in [9.17, 15) is 0 Å². The number of hydrogen-bond donors (Lipinski definition) is 1. The summed E-state index contributed by atoms with van der Waals surface area (Å²) in [6, 6.07) is 11.1. The first-order valence-corrected chi connectivity index (χ1v) is 6.38. The molecule has 0 saturated heterocycles. The molecule has 2 N–H and O–H groups in total. The number of nitrogens with zero attached hydrogens (tertiary/aromatic N) is 6. The van der Waals surface area contributed by atoms with Crippen LogP contribution in [0.2, 0.25) is 0 Å². The lowest BCUT2D eigenvalue weighted by atomic mass is 10.2. The van der Waals surface area contributed by atoms with E-state index in [1.54, 1.807) is 21.7 Å². The number of rotatable bonds is 2. The number of aromatic nitrogens is 6. The highest BCUT2D eigenvalue weighted by atomic mass is 15.4. The quantitative estimate of drug-likeness (QED) is 0.562. The molecule has 0 bridgehead atoms. The fourth-order valence-corrected chi connectivity index (χ4v) is 2.07. The maximum Gasteiger partial charge on any atom is 0.181 e. The number of hydrogen-bond acceptors (Lipinski definition) is 5. The van der Waals surface area contributed by atoms with E-state index in [0.717, 1.165) is 11.2 Å². The Labute approximate surface area is 119 Å². The first-order chi connectivity index (χ1) is 10.3. The van der Waals surface area contributed by atoms with E-state index in [1.807, 2.05) is 42.6 Å². The first-order valence-electron chi connectivity index (χ1n) is 6.38. The molecule has 0 aliphatic heterocycles. The zero-order chi connectivity index (χ0) is 14.2. The molecule has 0 saturated carbocycles. The van der Waals surface area contributed by atoms with Crippen molar-refractivity contribution in [3.63, 3.8) is 0 Å². The van der Waals surface area contributed by atoms with Crippen molar-refractivity contribution in [2.24, 2.45) is 0 Å². The standard InChI is InChI=1S/C14H11N7/c15-11-3-1-10(2-4-11)14-16-9-21(19-14)13-6-8-20-12(18-13)5-7-17-20/h1-9H,15H2. The zero-order valence-electron chi connectivity index (χ0n) is 11.0. The van der Waals surface area contributed by atoms with Crippen molar-refractivity contribution >= 4 is 11.3 Å². The average Bonchev–Trinajstić information content (AvgIpc) is 3.16. The summed E-state index contributed by atoms with van der Waals surface area (Å²) in [4.78, 5) is 8.78. The Balaban J connectivity index is 1.74. The molecule has 3 aromatic heterocycles. The summed E-state index contributed by atoms with van der Waals surface area (Å²) < 4.78 is 3.33. The van der Waals surface area contributed by atoms with Gasteiger partial charge in [0.2, 0.25) is 0 Å². The molecule has 0 radical (unpaired) electrons. The van der Waals surface area contributed by atoms with Crippen LogP contribution in [0, 0.1) is 0 Å². The summed E-state index contributed by atoms with van der Waals surface area (Å²) in [6.45, 7) is 0. The van der Waals surface area contributed by atoms with Crippen LogP contribution in [0.1, 0.15) is 0 Å². The maximum atomic E-state index is 5.68. The molecular formula is C14H11N7. The van der Waals surface area contributed by atoms with Gasteiger partial charge < -0.3 is 5.73 Å². The van der Waals surface area contributed by atoms with Crippen LogP contribution in [-0.4, -0.2) is 29.4 Å². The van der Waals surface area contributed by atoms with Crippen LogP contribution in [-0.2, 0) is 0 Å². The van der Waals surface area contributed by atoms with E-state index < -0.39 is 0 Å². The number of fused-ring (bicyclic) bond motifs is 1. The molecule has 7 heteroatoms. The number of nitrogens with two attached hydrogens (primary N) is 1. The fraction of sp³-hybridized carbons (Fsp3) is 0. The smallest absolute Gasteiger partial charge is 0.181 e. The number of nitrogen functional groups attached to an aromatic ring is 1. The minimum atomic E-state index is 0.630. The Morgan fingerprint density at radius 1 is 1.00 bits per heavy atom. The monoisotopic (exact) mass is 277 g/mol. The van der Waals surface area contributed by atoms with Gasteiger partial charge in [-0.3, -0.25) is 0 Å². The summed E-state index contributed by atoms with van der Waals surface area (Å²) in [5.41, 5.74) is 8.06. The molecule has 0 unspecified atom stereocenters. The molecule has 0 aliphatic carbocycles. The summed E-state index contributed by atoms with van der Waals surface area (Å²) in [6.07, 6.45) is 5.18. The van der Waals surface area contributed by atoms with Crippen LogP contribution in [0.4, 0.5) is 5.69 Å². The van der Waals surface area contributed by atoms with Crippen LogP contribution in [0.25, 0.3) is 22.9 Å². The van der Waals surface area contributed by atoms with Crippen molar-refractivity contribution < 1.29 is 0 Å². The van der Waals surface area contributed by atoms with Crippen molar-refractivity contribution in [1.29, 1.82) is 0 Å². The summed E-state index contributed by atoms with van der Waals surface area (Å²) >= 11 is 0. The minimum Gasteiger partial charge on any atom is -0.399 e. The molecule has 3 heterocycles. The van der Waals surface area contributed by atoms with Crippen molar-refractivity contribution in [3.8, 4) is 17.2 Å². The van der Waals surface area contributed by atoms with Crippen molar-refractivity contribution in [3.05, 3.63) is 55.1 Å². The SMILES string of the molecule is Nc1ccc(-c2ncn(-c3ccn4nccc4n3)n2)cc1. The molecule has 0 amide bonds. The van der Waals surface area contributed by atoms with Gasteiger partial charge >= 0.3 is 0 Å². The Bertz CT molecular complexity index is 904. The number of anilines is 1. The number of benzene rings is 1. The van der Waals surface area contributed by atoms with Gasteiger partial charge in [0, 0.05) is 29.6 Å². The predicted molar refractivity (Wildman–Crippen MR) is 77.8 cm³/mol. The van der Waals surface area contributed by atoms with E-state index >= 15 is 0 Å². The second kappa shape index (κ2) is 4.41. The van der Waals surface area contributed by atoms with Gasteiger partial charge in [0.05, 0.1) is 6.20 Å². The van der Waals surface area contributed by atoms with Gasteiger partial charge in [-0.1, -0.05) is 0 Å². The third-order valence-electron chi connectivity index (χ3n) is 3.14. The van der Waals surface area contributed by atoms with Gasteiger partial charge in [0.1, 0.15) is 6.33 Å². The molecule has 102 valence electrons. The van der Waals surface area contributed by atoms with E-state index in [2.05, 4.69) is 20.2 Å². The lowest BCUT2D eigenvalue weighted by Crippen LogP contribution is -2.00. The fourth-order valence-electron chi connectivity index (χ4n) is 2.07. The van der Waals surface area contributed by atoms with Gasteiger partial charge in [-0.05, 0) is 24.3 Å².